The van der Waals surface area contributed by atoms with E-state index in [0.717, 1.165) is 6.04 Å². The van der Waals surface area contributed by atoms with Crippen molar-refractivity contribution >= 4 is 26.2 Å². The summed E-state index contributed by atoms with van der Waals surface area (Å²) in [7, 11) is -1.34. The molecule has 3 unspecified atom stereocenters. The summed E-state index contributed by atoms with van der Waals surface area (Å²) in [4.78, 5) is 37.2. The standard InChI is InChI=1S/C16H29N3O6Si/c1-5-24-12(20)8-16(18-14(21)25-6-7-26(2,3)4)10-19(15(22)23)11-9-17-13(11)16/h11,13,17H,5-10H2,1-4H3,(H,18,21)(H,22,23). The predicted molar refractivity (Wildman–Crippen MR) is 96.9 cm³/mol. The minimum Gasteiger partial charge on any atom is -0.466 e. The second kappa shape index (κ2) is 7.83. The normalized spacial score (nSPS) is 27.3. The summed E-state index contributed by atoms with van der Waals surface area (Å²) < 4.78 is 10.3. The molecule has 0 aliphatic carbocycles. The molecule has 0 aromatic rings. The van der Waals surface area contributed by atoms with Crippen LogP contribution in [0.5, 0.6) is 0 Å². The molecule has 3 N–H and O–H groups in total. The average molecular weight is 388 g/mol. The molecule has 2 amide bonds. The zero-order chi connectivity index (χ0) is 19.5. The Morgan fingerprint density at radius 2 is 2.00 bits per heavy atom. The van der Waals surface area contributed by atoms with Gasteiger partial charge in [0.05, 0.1) is 37.3 Å². The maximum absolute atomic E-state index is 12.3. The number of nitrogens with zero attached hydrogens (tertiary/aromatic N) is 1. The Morgan fingerprint density at radius 1 is 1.31 bits per heavy atom. The van der Waals surface area contributed by atoms with Gasteiger partial charge in [0, 0.05) is 21.2 Å². The number of esters is 1. The van der Waals surface area contributed by atoms with Gasteiger partial charge in [0.15, 0.2) is 0 Å². The van der Waals surface area contributed by atoms with Crippen molar-refractivity contribution in [1.82, 2.24) is 15.5 Å². The van der Waals surface area contributed by atoms with Crippen molar-refractivity contribution in [2.24, 2.45) is 0 Å². The van der Waals surface area contributed by atoms with Gasteiger partial charge in [-0.25, -0.2) is 9.59 Å². The van der Waals surface area contributed by atoms with E-state index in [2.05, 4.69) is 30.3 Å². The molecular formula is C16H29N3O6Si. The Bertz CT molecular complexity index is 567. The molecule has 2 aliphatic heterocycles. The van der Waals surface area contributed by atoms with Gasteiger partial charge in [-0.2, -0.15) is 0 Å². The predicted octanol–water partition coefficient (Wildman–Crippen LogP) is 1.08. The summed E-state index contributed by atoms with van der Waals surface area (Å²) in [5.41, 5.74) is -1.07. The maximum Gasteiger partial charge on any atom is 0.407 e. The summed E-state index contributed by atoms with van der Waals surface area (Å²) in [6, 6.07) is 0.216. The van der Waals surface area contributed by atoms with E-state index in [-0.39, 0.29) is 31.7 Å². The van der Waals surface area contributed by atoms with Gasteiger partial charge in [0.1, 0.15) is 0 Å². The highest BCUT2D eigenvalue weighted by molar-refractivity contribution is 6.76. The molecule has 2 aliphatic rings. The third-order valence-electron chi connectivity index (χ3n) is 4.83. The Morgan fingerprint density at radius 3 is 2.46 bits per heavy atom. The van der Waals surface area contributed by atoms with E-state index in [1.807, 2.05) is 0 Å². The number of rotatable bonds is 7. The number of alkyl carbamates (subject to hydrolysis) is 1. The van der Waals surface area contributed by atoms with E-state index >= 15 is 0 Å². The maximum atomic E-state index is 12.3. The van der Waals surface area contributed by atoms with E-state index < -0.39 is 31.8 Å². The first kappa shape index (κ1) is 20.5. The molecule has 26 heavy (non-hydrogen) atoms. The van der Waals surface area contributed by atoms with Crippen LogP contribution in [0.1, 0.15) is 13.3 Å². The minimum atomic E-state index is -1.34. The molecule has 2 heterocycles. The van der Waals surface area contributed by atoms with E-state index in [1.54, 1.807) is 6.92 Å². The van der Waals surface area contributed by atoms with Crippen LogP contribution in [0.25, 0.3) is 0 Å². The van der Waals surface area contributed by atoms with Crippen molar-refractivity contribution in [2.45, 2.75) is 56.7 Å². The van der Waals surface area contributed by atoms with Gasteiger partial charge in [-0.1, -0.05) is 19.6 Å². The monoisotopic (exact) mass is 387 g/mol. The Balaban J connectivity index is 2.08. The highest BCUT2D eigenvalue weighted by Gasteiger charge is 2.60. The summed E-state index contributed by atoms with van der Waals surface area (Å²) in [6.07, 6.45) is -1.81. The van der Waals surface area contributed by atoms with E-state index in [0.29, 0.717) is 13.2 Å². The highest BCUT2D eigenvalue weighted by Crippen LogP contribution is 2.35. The fourth-order valence-corrected chi connectivity index (χ4v) is 4.12. The molecule has 0 bridgehead atoms. The molecule has 10 heteroatoms. The SMILES string of the molecule is CCOC(=O)CC1(NC(=O)OCC[Si](C)(C)C)CN(C(=O)O)C2CNC21. The first-order valence-electron chi connectivity index (χ1n) is 8.91. The third kappa shape index (κ3) is 4.67. The van der Waals surface area contributed by atoms with Gasteiger partial charge in [0.2, 0.25) is 0 Å². The lowest BCUT2D eigenvalue weighted by molar-refractivity contribution is -0.145. The van der Waals surface area contributed by atoms with Crippen molar-refractivity contribution in [3.63, 3.8) is 0 Å². The molecule has 0 aromatic heterocycles. The first-order chi connectivity index (χ1) is 12.1. The zero-order valence-electron chi connectivity index (χ0n) is 15.8. The van der Waals surface area contributed by atoms with Crippen molar-refractivity contribution < 1.29 is 29.0 Å². The number of carbonyl (C=O) groups excluding carboxylic acids is 2. The van der Waals surface area contributed by atoms with Crippen LogP contribution in [0, 0.1) is 0 Å². The molecule has 148 valence electrons. The lowest BCUT2D eigenvalue weighted by atomic mass is 9.82. The van der Waals surface area contributed by atoms with E-state index in [4.69, 9.17) is 9.47 Å². The number of fused-ring (bicyclic) bond motifs is 1. The fourth-order valence-electron chi connectivity index (χ4n) is 3.41. The Kier molecular flexibility index (Phi) is 6.17. The molecule has 3 atom stereocenters. The molecule has 9 nitrogen and oxygen atoms in total. The van der Waals surface area contributed by atoms with Crippen LogP contribution in [-0.4, -0.2) is 80.2 Å². The van der Waals surface area contributed by atoms with E-state index in [1.165, 1.54) is 4.90 Å². The van der Waals surface area contributed by atoms with Crippen molar-refractivity contribution in [3.05, 3.63) is 0 Å². The Hall–Kier alpha value is -1.81. The lowest BCUT2D eigenvalue weighted by Crippen LogP contribution is -2.70. The number of carbonyl (C=O) groups is 3. The van der Waals surface area contributed by atoms with Crippen LogP contribution < -0.4 is 10.6 Å². The molecule has 0 aromatic carbocycles. The van der Waals surface area contributed by atoms with E-state index in [9.17, 15) is 19.5 Å². The van der Waals surface area contributed by atoms with Crippen molar-refractivity contribution in [3.8, 4) is 0 Å². The molecule has 2 fully saturated rings. The van der Waals surface area contributed by atoms with Gasteiger partial charge in [-0.05, 0) is 13.0 Å². The molecule has 2 saturated heterocycles. The highest BCUT2D eigenvalue weighted by atomic mass is 28.3. The molecule has 0 saturated carbocycles. The molecule has 0 spiro atoms. The second-order valence-corrected chi connectivity index (χ2v) is 13.7. The van der Waals surface area contributed by atoms with Gasteiger partial charge >= 0.3 is 18.2 Å². The minimum absolute atomic E-state index is 0.0204. The number of carboxylic acid groups (broad SMARTS) is 1. The van der Waals surface area contributed by atoms with Crippen LogP contribution in [0.3, 0.4) is 0 Å². The van der Waals surface area contributed by atoms with Gasteiger partial charge < -0.3 is 30.1 Å². The molecule has 0 radical (unpaired) electrons. The second-order valence-electron chi connectivity index (χ2n) is 8.07. The van der Waals surface area contributed by atoms with Crippen molar-refractivity contribution in [1.29, 1.82) is 0 Å². The summed E-state index contributed by atoms with van der Waals surface area (Å²) in [6.45, 7) is 9.29. The smallest absolute Gasteiger partial charge is 0.407 e. The van der Waals surface area contributed by atoms with Crippen LogP contribution in [0.4, 0.5) is 9.59 Å². The van der Waals surface area contributed by atoms with Gasteiger partial charge in [-0.15, -0.1) is 0 Å². The summed E-state index contributed by atoms with van der Waals surface area (Å²) in [5.74, 6) is -0.477. The first-order valence-corrected chi connectivity index (χ1v) is 12.6. The fraction of sp³-hybridized carbons (Fsp3) is 0.812. The Labute approximate surface area is 154 Å². The third-order valence-corrected chi connectivity index (χ3v) is 6.53. The number of hydrogen-bond donors (Lipinski definition) is 3. The largest absolute Gasteiger partial charge is 0.466 e. The number of nitrogens with one attached hydrogen (secondary N) is 2. The molecular weight excluding hydrogens is 358 g/mol. The van der Waals surface area contributed by atoms with Crippen LogP contribution in [-0.2, 0) is 14.3 Å². The number of amides is 2. The van der Waals surface area contributed by atoms with Gasteiger partial charge in [-0.3, -0.25) is 4.79 Å². The summed E-state index contributed by atoms with van der Waals surface area (Å²) in [5, 5.41) is 15.3. The lowest BCUT2D eigenvalue weighted by Gasteiger charge is -2.42. The average Bonchev–Trinajstić information content (AvgIpc) is 2.63. The van der Waals surface area contributed by atoms with Crippen LogP contribution in [0.2, 0.25) is 25.7 Å². The summed E-state index contributed by atoms with van der Waals surface area (Å²) >= 11 is 0. The van der Waals surface area contributed by atoms with Crippen molar-refractivity contribution in [2.75, 3.05) is 26.3 Å². The molecule has 2 rings (SSSR count). The number of ether oxygens (including phenoxy) is 2. The van der Waals surface area contributed by atoms with Gasteiger partial charge in [0.25, 0.3) is 0 Å². The quantitative estimate of drug-likeness (QED) is 0.442. The number of likely N-dealkylation sites (tertiary alicyclic amines) is 1. The van der Waals surface area contributed by atoms with Crippen LogP contribution in [0.15, 0.2) is 0 Å². The van der Waals surface area contributed by atoms with Crippen LogP contribution >= 0.6 is 0 Å². The topological polar surface area (TPSA) is 117 Å². The zero-order valence-corrected chi connectivity index (χ0v) is 16.8. The number of hydrogen-bond acceptors (Lipinski definition) is 6.